The Balaban J connectivity index is 1.35. The number of aromatic carboxylic acids is 4. The Hall–Kier alpha value is -7.54. The van der Waals surface area contributed by atoms with Gasteiger partial charge in [0.2, 0.25) is 0 Å². The van der Waals surface area contributed by atoms with Crippen LogP contribution in [0.25, 0.3) is 0 Å². The summed E-state index contributed by atoms with van der Waals surface area (Å²) in [5.41, 5.74) is 4.18. The summed E-state index contributed by atoms with van der Waals surface area (Å²) in [6, 6.07) is 30.1. The highest BCUT2D eigenvalue weighted by atomic mass is 32.1. The fraction of sp³-hybridized carbons (Fsp3) is 0.200. The number of carboxylic acid groups (broad SMARTS) is 4. The quantitative estimate of drug-likeness (QED) is 0.0503. The van der Waals surface area contributed by atoms with Crippen LogP contribution in [-0.4, -0.2) is 90.6 Å². The number of carboxylic acids is 4. The Morgan fingerprint density at radius 2 is 0.873 bits per heavy atom. The highest BCUT2D eigenvalue weighted by molar-refractivity contribution is 7.80. The average molecular weight is 871 g/mol. The number of nitrogens with one attached hydrogen (secondary N) is 1. The third-order valence-corrected chi connectivity index (χ3v) is 9.36. The van der Waals surface area contributed by atoms with Crippen LogP contribution in [0.5, 0.6) is 5.75 Å². The van der Waals surface area contributed by atoms with E-state index < -0.39 is 23.9 Å². The molecule has 0 bridgehead atoms. The van der Waals surface area contributed by atoms with Crippen molar-refractivity contribution < 1.29 is 44.3 Å². The van der Waals surface area contributed by atoms with Crippen LogP contribution in [0.15, 0.2) is 109 Å². The molecule has 18 heteroatoms. The Labute approximate surface area is 366 Å². The number of rotatable bonds is 21. The molecule has 5 aromatic heterocycles. The first-order chi connectivity index (χ1) is 30.3. The summed E-state index contributed by atoms with van der Waals surface area (Å²) < 4.78 is 6.37. The van der Waals surface area contributed by atoms with Gasteiger partial charge in [0.1, 0.15) is 28.5 Å². The van der Waals surface area contributed by atoms with Gasteiger partial charge in [-0.3, -0.25) is 14.8 Å². The highest BCUT2D eigenvalue weighted by Gasteiger charge is 2.19. The maximum atomic E-state index is 11.8. The van der Waals surface area contributed by atoms with Crippen molar-refractivity contribution in [2.24, 2.45) is 0 Å². The second kappa shape index (κ2) is 21.3. The third-order valence-electron chi connectivity index (χ3n) is 9.26. The van der Waals surface area contributed by atoms with E-state index in [1.165, 1.54) is 24.3 Å². The van der Waals surface area contributed by atoms with Crippen LogP contribution in [0, 0.1) is 0 Å². The van der Waals surface area contributed by atoms with Gasteiger partial charge in [-0.05, 0) is 73.2 Å². The van der Waals surface area contributed by atoms with Crippen LogP contribution < -0.4 is 10.1 Å². The molecule has 6 rings (SSSR count). The van der Waals surface area contributed by atoms with Crippen LogP contribution in [0.2, 0.25) is 0 Å². The monoisotopic (exact) mass is 870 g/mol. The van der Waals surface area contributed by atoms with Gasteiger partial charge in [0.25, 0.3) is 0 Å². The summed E-state index contributed by atoms with van der Waals surface area (Å²) in [6.07, 6.45) is 0.566. The van der Waals surface area contributed by atoms with Gasteiger partial charge in [-0.25, -0.2) is 39.1 Å². The van der Waals surface area contributed by atoms with Crippen molar-refractivity contribution in [3.05, 3.63) is 172 Å². The fourth-order valence-electron chi connectivity index (χ4n) is 6.57. The first kappa shape index (κ1) is 45.0. The normalized spacial score (nSPS) is 11.0. The number of hydrogen-bond acceptors (Lipinski definition) is 13. The Morgan fingerprint density at radius 3 is 1.21 bits per heavy atom. The van der Waals surface area contributed by atoms with Gasteiger partial charge in [-0.1, -0.05) is 48.6 Å². The molecule has 0 aliphatic heterocycles. The molecule has 322 valence electrons. The minimum absolute atomic E-state index is 0.138. The molecule has 0 atom stereocenters. The van der Waals surface area contributed by atoms with E-state index in [0.717, 1.165) is 11.3 Å². The number of benzene rings is 1. The van der Waals surface area contributed by atoms with Crippen LogP contribution >= 0.6 is 12.2 Å². The molecule has 0 aliphatic carbocycles. The molecular formula is C45H42N8O9S. The Kier molecular flexibility index (Phi) is 15.2. The summed E-state index contributed by atoms with van der Waals surface area (Å²) in [4.78, 5) is 73.9. The second-order valence-electron chi connectivity index (χ2n) is 14.3. The van der Waals surface area contributed by atoms with Gasteiger partial charge in [0.15, 0.2) is 0 Å². The largest absolute Gasteiger partial charge is 0.493 e. The summed E-state index contributed by atoms with van der Waals surface area (Å²) in [5.74, 6) is -4.27. The van der Waals surface area contributed by atoms with Crippen LogP contribution in [0.3, 0.4) is 0 Å². The topological polar surface area (TPSA) is 241 Å². The van der Waals surface area contributed by atoms with Gasteiger partial charge in [-0.2, -0.15) is 0 Å². The van der Waals surface area contributed by atoms with E-state index in [1.807, 2.05) is 34.1 Å². The van der Waals surface area contributed by atoms with Crippen LogP contribution in [0.4, 0.5) is 5.69 Å². The van der Waals surface area contributed by atoms with Crippen molar-refractivity contribution in [1.82, 2.24) is 34.7 Å². The van der Waals surface area contributed by atoms with Gasteiger partial charge < -0.3 is 30.5 Å². The Morgan fingerprint density at radius 1 is 0.524 bits per heavy atom. The van der Waals surface area contributed by atoms with E-state index in [9.17, 15) is 39.6 Å². The lowest BCUT2D eigenvalue weighted by atomic mass is 10.1. The molecule has 0 saturated heterocycles. The molecule has 5 heterocycles. The maximum Gasteiger partial charge on any atom is 0.354 e. The third kappa shape index (κ3) is 13.7. The van der Waals surface area contributed by atoms with Gasteiger partial charge in [0.05, 0.1) is 45.8 Å². The molecule has 17 nitrogen and oxygen atoms in total. The zero-order chi connectivity index (χ0) is 44.9. The first-order valence-electron chi connectivity index (χ1n) is 19.5. The molecule has 0 aliphatic rings. The number of carbonyl (C=O) groups is 4. The zero-order valence-corrected chi connectivity index (χ0v) is 34.7. The summed E-state index contributed by atoms with van der Waals surface area (Å²) in [5, 5.41) is 41.7. The number of nitrogens with zero attached hydrogens (tertiary/aromatic N) is 7. The molecule has 0 saturated carbocycles. The second-order valence-corrected chi connectivity index (χ2v) is 14.9. The Bertz CT molecular complexity index is 2370. The van der Waals surface area contributed by atoms with E-state index >= 15 is 0 Å². The molecule has 1 aromatic carbocycles. The fourth-order valence-corrected chi connectivity index (χ4v) is 6.68. The molecule has 0 amide bonds. The summed E-state index contributed by atoms with van der Waals surface area (Å²) in [7, 11) is 0. The van der Waals surface area contributed by atoms with Gasteiger partial charge >= 0.3 is 23.9 Å². The predicted molar refractivity (Wildman–Crippen MR) is 232 cm³/mol. The molecule has 0 spiro atoms. The lowest BCUT2D eigenvalue weighted by molar-refractivity contribution is 0.0679. The van der Waals surface area contributed by atoms with Gasteiger partial charge in [0, 0.05) is 63.5 Å². The number of pyridine rings is 5. The molecule has 0 radical (unpaired) electrons. The summed E-state index contributed by atoms with van der Waals surface area (Å²) in [6.45, 7) is 2.96. The molecule has 6 aromatic rings. The highest BCUT2D eigenvalue weighted by Crippen LogP contribution is 2.22. The van der Waals surface area contributed by atoms with Crippen LogP contribution in [0.1, 0.15) is 88.6 Å². The van der Waals surface area contributed by atoms with E-state index in [0.29, 0.717) is 57.9 Å². The lowest BCUT2D eigenvalue weighted by Gasteiger charge is -2.24. The molecule has 0 fully saturated rings. The van der Waals surface area contributed by atoms with Crippen LogP contribution in [-0.2, 0) is 45.7 Å². The smallest absolute Gasteiger partial charge is 0.354 e. The van der Waals surface area contributed by atoms with Crippen molar-refractivity contribution in [3.8, 4) is 5.75 Å². The first-order valence-corrected chi connectivity index (χ1v) is 19.9. The standard InChI is InChI=1S/C45H42N8O9S/c1-28(63)46-30-16-14-29(15-17-30)18-19-62-37-20-35(26-52(22-31-6-2-10-38(48-31)42(54)55)23-32-7-3-11-39(49-32)43(56)57)47-36(21-37)27-53(24-33-8-4-12-40(50-33)44(58)59)25-34-9-5-13-41(51-34)45(60)61/h2-17,20-21H,18-19,22-27H2,1H3,(H,46,63)(H,54,55)(H,56,57)(H,58,59)(H,60,61). The minimum atomic E-state index is -1.19. The van der Waals surface area contributed by atoms with E-state index in [4.69, 9.17) is 21.9 Å². The van der Waals surface area contributed by atoms with Crippen molar-refractivity contribution >= 4 is 46.8 Å². The average Bonchev–Trinajstić information content (AvgIpc) is 3.24. The van der Waals surface area contributed by atoms with E-state index in [2.05, 4.69) is 25.3 Å². The SMILES string of the molecule is CC(=S)Nc1ccc(CCOc2cc(CN(Cc3cccc(C(=O)O)n3)Cc3cccc(C(=O)O)n3)nc(CN(Cc3cccc(C(=O)O)n3)Cc3cccc(C(=O)O)n3)c2)cc1. The van der Waals surface area contributed by atoms with Crippen molar-refractivity contribution in [2.45, 2.75) is 52.6 Å². The van der Waals surface area contributed by atoms with E-state index in [-0.39, 0.29) is 62.0 Å². The van der Waals surface area contributed by atoms with Crippen molar-refractivity contribution in [1.29, 1.82) is 0 Å². The number of thiocarbonyl (C=S) groups is 1. The molecule has 5 N–H and O–H groups in total. The number of ether oxygens (including phenoxy) is 1. The van der Waals surface area contributed by atoms with Crippen molar-refractivity contribution in [3.63, 3.8) is 0 Å². The predicted octanol–water partition coefficient (Wildman–Crippen LogP) is 6.24. The number of anilines is 1. The number of hydrogen-bond donors (Lipinski definition) is 5. The van der Waals surface area contributed by atoms with Gasteiger partial charge in [-0.15, -0.1) is 0 Å². The minimum Gasteiger partial charge on any atom is -0.493 e. The van der Waals surface area contributed by atoms with Crippen molar-refractivity contribution in [2.75, 3.05) is 11.9 Å². The molecular weight excluding hydrogens is 829 g/mol. The lowest BCUT2D eigenvalue weighted by Crippen LogP contribution is -2.26. The maximum absolute atomic E-state index is 11.8. The number of aromatic nitrogens is 5. The molecule has 0 unspecified atom stereocenters. The molecule has 63 heavy (non-hydrogen) atoms. The zero-order valence-electron chi connectivity index (χ0n) is 33.9. The van der Waals surface area contributed by atoms with E-state index in [1.54, 1.807) is 67.6 Å². The summed E-state index contributed by atoms with van der Waals surface area (Å²) >= 11 is 5.16.